The zero-order valence-corrected chi connectivity index (χ0v) is 9.69. The molecule has 0 unspecified atom stereocenters. The van der Waals surface area contributed by atoms with Crippen molar-refractivity contribution in [2.45, 2.75) is 38.8 Å². The molecule has 1 nitrogen and oxygen atoms in total. The molecule has 0 aliphatic heterocycles. The number of hydrogen-bond acceptors (Lipinski definition) is 1. The molecule has 0 N–H and O–H groups in total. The van der Waals surface area contributed by atoms with Crippen LogP contribution in [0.4, 0.5) is 13.2 Å². The predicted molar refractivity (Wildman–Crippen MR) is 60.8 cm³/mol. The van der Waals surface area contributed by atoms with Crippen molar-refractivity contribution in [3.05, 3.63) is 23.8 Å². The molecule has 0 aromatic carbocycles. The zero-order chi connectivity index (χ0) is 13.3. The fraction of sp³-hybridized carbons (Fsp3) is 0.462. The summed E-state index contributed by atoms with van der Waals surface area (Å²) >= 11 is 0. The first-order chi connectivity index (χ1) is 7.97. The Kier molecular flexibility index (Phi) is 6.82. The van der Waals surface area contributed by atoms with Crippen molar-refractivity contribution >= 4 is 0 Å². The van der Waals surface area contributed by atoms with E-state index in [9.17, 15) is 13.2 Å². The van der Waals surface area contributed by atoms with E-state index in [1.807, 2.05) is 6.92 Å². The Morgan fingerprint density at radius 2 is 2.06 bits per heavy atom. The van der Waals surface area contributed by atoms with Gasteiger partial charge in [-0.25, -0.2) is 0 Å². The van der Waals surface area contributed by atoms with Gasteiger partial charge in [-0.15, -0.1) is 6.58 Å². The van der Waals surface area contributed by atoms with Gasteiger partial charge in [0.25, 0.3) is 0 Å². The number of unbranched alkanes of at least 4 members (excludes halogenated alkanes) is 2. The first-order valence-electron chi connectivity index (χ1n) is 5.27. The van der Waals surface area contributed by atoms with E-state index in [0.29, 0.717) is 6.42 Å². The lowest BCUT2D eigenvalue weighted by molar-refractivity contribution is -0.0878. The number of hydrogen-bond donors (Lipinski definition) is 0. The van der Waals surface area contributed by atoms with E-state index < -0.39 is 11.7 Å². The Labute approximate surface area is 99.6 Å². The van der Waals surface area contributed by atoms with Crippen LogP contribution in [0.15, 0.2) is 23.8 Å². The van der Waals surface area contributed by atoms with Crippen LogP contribution in [0.1, 0.15) is 32.6 Å². The molecule has 0 amide bonds. The van der Waals surface area contributed by atoms with Crippen molar-refractivity contribution in [1.29, 1.82) is 5.26 Å². The summed E-state index contributed by atoms with van der Waals surface area (Å²) in [5.41, 5.74) is -1.42. The maximum absolute atomic E-state index is 12.6. The third kappa shape index (κ3) is 5.82. The average Bonchev–Trinajstić information content (AvgIpc) is 2.25. The number of nitriles is 1. The van der Waals surface area contributed by atoms with Gasteiger partial charge in [-0.3, -0.25) is 0 Å². The number of nitrogens with zero attached hydrogens (tertiary/aromatic N) is 1. The van der Waals surface area contributed by atoms with E-state index in [1.54, 1.807) is 0 Å². The molecule has 0 aliphatic rings. The highest BCUT2D eigenvalue weighted by molar-refractivity contribution is 5.44. The molecule has 0 rings (SSSR count). The van der Waals surface area contributed by atoms with Crippen LogP contribution in [0.2, 0.25) is 0 Å². The van der Waals surface area contributed by atoms with Crippen LogP contribution in [0.5, 0.6) is 0 Å². The summed E-state index contributed by atoms with van der Waals surface area (Å²) in [4.78, 5) is 0. The molecule has 0 saturated heterocycles. The largest absolute Gasteiger partial charge is 0.425 e. The molecule has 0 fully saturated rings. The van der Waals surface area contributed by atoms with Gasteiger partial charge in [0.2, 0.25) is 0 Å². The number of rotatable bonds is 4. The monoisotopic (exact) mass is 241 g/mol. The Bertz CT molecular complexity index is 386. The van der Waals surface area contributed by atoms with Crippen molar-refractivity contribution in [2.24, 2.45) is 0 Å². The average molecular weight is 241 g/mol. The molecule has 17 heavy (non-hydrogen) atoms. The quantitative estimate of drug-likeness (QED) is 0.314. The molecule has 0 aromatic rings. The summed E-state index contributed by atoms with van der Waals surface area (Å²) in [5.74, 6) is 4.52. The van der Waals surface area contributed by atoms with Gasteiger partial charge >= 0.3 is 6.18 Å². The third-order valence-corrected chi connectivity index (χ3v) is 1.94. The molecular weight excluding hydrogens is 227 g/mol. The van der Waals surface area contributed by atoms with Crippen LogP contribution in [0.3, 0.4) is 0 Å². The van der Waals surface area contributed by atoms with Gasteiger partial charge in [-0.05, 0) is 6.42 Å². The lowest BCUT2D eigenvalue weighted by Crippen LogP contribution is -2.12. The Morgan fingerprint density at radius 1 is 1.41 bits per heavy atom. The highest BCUT2D eigenvalue weighted by Gasteiger charge is 2.35. The van der Waals surface area contributed by atoms with Crippen molar-refractivity contribution in [1.82, 2.24) is 0 Å². The molecule has 0 radical (unpaired) electrons. The lowest BCUT2D eigenvalue weighted by atomic mass is 10.1. The fourth-order valence-corrected chi connectivity index (χ4v) is 1.08. The van der Waals surface area contributed by atoms with E-state index in [1.165, 1.54) is 12.1 Å². The highest BCUT2D eigenvalue weighted by atomic mass is 19.4. The third-order valence-electron chi connectivity index (χ3n) is 1.94. The van der Waals surface area contributed by atoms with E-state index in [4.69, 9.17) is 5.26 Å². The van der Waals surface area contributed by atoms with Crippen molar-refractivity contribution in [3.63, 3.8) is 0 Å². The summed E-state index contributed by atoms with van der Waals surface area (Å²) in [6.07, 6.45) is -1.40. The van der Waals surface area contributed by atoms with Crippen molar-refractivity contribution in [2.75, 3.05) is 0 Å². The smallest absolute Gasteiger partial charge is 0.193 e. The topological polar surface area (TPSA) is 23.8 Å². The summed E-state index contributed by atoms with van der Waals surface area (Å²) in [7, 11) is 0. The minimum Gasteiger partial charge on any atom is -0.193 e. The molecule has 0 aromatic heterocycles. The minimum absolute atomic E-state index is 0.117. The molecule has 0 saturated carbocycles. The van der Waals surface area contributed by atoms with Crippen LogP contribution < -0.4 is 0 Å². The maximum Gasteiger partial charge on any atom is 0.425 e. The first kappa shape index (κ1) is 15.3. The minimum atomic E-state index is -4.58. The first-order valence-corrected chi connectivity index (χ1v) is 5.27. The number of halogens is 3. The van der Waals surface area contributed by atoms with Crippen LogP contribution in [-0.4, -0.2) is 6.18 Å². The number of allylic oxidation sites excluding steroid dienone is 3. The molecular formula is C13H14F3N. The lowest BCUT2D eigenvalue weighted by Gasteiger charge is -2.07. The second-order valence-corrected chi connectivity index (χ2v) is 3.36. The van der Waals surface area contributed by atoms with Crippen LogP contribution in [0, 0.1) is 23.2 Å². The molecule has 0 heterocycles. The van der Waals surface area contributed by atoms with Gasteiger partial charge in [0, 0.05) is 12.8 Å². The summed E-state index contributed by atoms with van der Waals surface area (Å²) in [5, 5.41) is 8.67. The van der Waals surface area contributed by atoms with Crippen LogP contribution in [0.25, 0.3) is 0 Å². The van der Waals surface area contributed by atoms with E-state index in [2.05, 4.69) is 18.4 Å². The van der Waals surface area contributed by atoms with Crippen LogP contribution >= 0.6 is 0 Å². The Balaban J connectivity index is 5.19. The van der Waals surface area contributed by atoms with Crippen LogP contribution in [-0.2, 0) is 0 Å². The van der Waals surface area contributed by atoms with Gasteiger partial charge < -0.3 is 0 Å². The Hall–Kier alpha value is -1.68. The van der Waals surface area contributed by atoms with Crippen molar-refractivity contribution < 1.29 is 13.2 Å². The van der Waals surface area contributed by atoms with Gasteiger partial charge in [-0.2, -0.15) is 18.4 Å². The summed E-state index contributed by atoms with van der Waals surface area (Å²) in [6, 6.07) is 1.54. The number of alkyl halides is 3. The van der Waals surface area contributed by atoms with Gasteiger partial charge in [0.1, 0.15) is 5.57 Å². The second kappa shape index (κ2) is 7.57. The maximum atomic E-state index is 12.6. The molecule has 0 atom stereocenters. The SMILES string of the molecule is C=CC/C(C#N)=C(\C#CCCCC)C(F)(F)F. The molecule has 4 heteroatoms. The summed E-state index contributed by atoms with van der Waals surface area (Å²) < 4.78 is 37.9. The van der Waals surface area contributed by atoms with E-state index in [0.717, 1.165) is 12.8 Å². The normalized spacial score (nSPS) is 11.9. The summed E-state index contributed by atoms with van der Waals surface area (Å²) in [6.45, 7) is 5.25. The Morgan fingerprint density at radius 3 is 2.47 bits per heavy atom. The second-order valence-electron chi connectivity index (χ2n) is 3.36. The molecule has 92 valence electrons. The van der Waals surface area contributed by atoms with E-state index in [-0.39, 0.29) is 12.0 Å². The molecule has 0 spiro atoms. The fourth-order valence-electron chi connectivity index (χ4n) is 1.08. The predicted octanol–water partition coefficient (Wildman–Crippen LogP) is 4.14. The van der Waals surface area contributed by atoms with Gasteiger partial charge in [0.05, 0.1) is 11.6 Å². The molecule has 0 bridgehead atoms. The molecule has 0 aliphatic carbocycles. The highest BCUT2D eigenvalue weighted by Crippen LogP contribution is 2.28. The standard InChI is InChI=1S/C13H14F3N/c1-3-5-6-7-9-12(13(14,15)16)11(10-17)8-4-2/h4H,2-3,5-6,8H2,1H3/b12-11-. The van der Waals surface area contributed by atoms with Crippen molar-refractivity contribution in [3.8, 4) is 17.9 Å². The zero-order valence-electron chi connectivity index (χ0n) is 9.69. The van der Waals surface area contributed by atoms with Gasteiger partial charge in [0.15, 0.2) is 0 Å². The van der Waals surface area contributed by atoms with E-state index >= 15 is 0 Å². The van der Waals surface area contributed by atoms with Gasteiger partial charge in [-0.1, -0.05) is 31.3 Å².